The van der Waals surface area contributed by atoms with Crippen LogP contribution in [0.3, 0.4) is 0 Å². The van der Waals surface area contributed by atoms with Crippen LogP contribution >= 0.6 is 0 Å². The van der Waals surface area contributed by atoms with E-state index >= 15 is 0 Å². The minimum Gasteiger partial charge on any atom is -0.478 e. The highest BCUT2D eigenvalue weighted by molar-refractivity contribution is 5.88. The van der Waals surface area contributed by atoms with E-state index in [2.05, 4.69) is 4.98 Å². The van der Waals surface area contributed by atoms with E-state index in [1.807, 2.05) is 0 Å². The van der Waals surface area contributed by atoms with Gasteiger partial charge in [-0.3, -0.25) is 14.9 Å². The van der Waals surface area contributed by atoms with Crippen molar-refractivity contribution >= 4 is 23.4 Å². The number of aromatic nitrogens is 1. The first-order valence-corrected chi connectivity index (χ1v) is 6.32. The molecule has 0 aliphatic carbocycles. The SMILES string of the molecule is NC(=O)C1CCN(c2ncc(C(=O)O)cc2[N+](=O)[O-])CC1. The number of hydrogen-bond donors (Lipinski definition) is 2. The molecule has 1 amide bonds. The van der Waals surface area contributed by atoms with Crippen LogP contribution < -0.4 is 10.6 Å². The van der Waals surface area contributed by atoms with Crippen molar-refractivity contribution < 1.29 is 19.6 Å². The fourth-order valence-corrected chi connectivity index (χ4v) is 2.32. The van der Waals surface area contributed by atoms with Crippen LogP contribution in [-0.2, 0) is 4.79 Å². The summed E-state index contributed by atoms with van der Waals surface area (Å²) in [6.07, 6.45) is 2.08. The predicted molar refractivity (Wildman–Crippen MR) is 72.0 cm³/mol. The molecule has 112 valence electrons. The number of hydrogen-bond acceptors (Lipinski definition) is 6. The van der Waals surface area contributed by atoms with Gasteiger partial charge >= 0.3 is 11.7 Å². The van der Waals surface area contributed by atoms with Crippen LogP contribution in [-0.4, -0.2) is 40.0 Å². The van der Waals surface area contributed by atoms with Crippen molar-refractivity contribution in [3.63, 3.8) is 0 Å². The minimum atomic E-state index is -1.27. The van der Waals surface area contributed by atoms with Gasteiger partial charge in [-0.05, 0) is 12.8 Å². The zero-order valence-electron chi connectivity index (χ0n) is 11.1. The van der Waals surface area contributed by atoms with Crippen LogP contribution in [0.15, 0.2) is 12.3 Å². The van der Waals surface area contributed by atoms with Gasteiger partial charge in [-0.2, -0.15) is 0 Å². The third-order valence-corrected chi connectivity index (χ3v) is 3.49. The number of rotatable bonds is 4. The lowest BCUT2D eigenvalue weighted by Crippen LogP contribution is -2.39. The average molecular weight is 294 g/mol. The molecule has 2 rings (SSSR count). The van der Waals surface area contributed by atoms with Crippen LogP contribution in [0.4, 0.5) is 11.5 Å². The Hall–Kier alpha value is -2.71. The molecule has 9 nitrogen and oxygen atoms in total. The third-order valence-electron chi connectivity index (χ3n) is 3.49. The molecule has 1 aliphatic rings. The summed E-state index contributed by atoms with van der Waals surface area (Å²) in [4.78, 5) is 38.0. The largest absolute Gasteiger partial charge is 0.478 e. The van der Waals surface area contributed by atoms with E-state index < -0.39 is 10.9 Å². The van der Waals surface area contributed by atoms with Crippen molar-refractivity contribution in [1.82, 2.24) is 4.98 Å². The van der Waals surface area contributed by atoms with Gasteiger partial charge in [-0.25, -0.2) is 9.78 Å². The molecular weight excluding hydrogens is 280 g/mol. The van der Waals surface area contributed by atoms with Crippen molar-refractivity contribution in [2.45, 2.75) is 12.8 Å². The second-order valence-electron chi connectivity index (χ2n) is 4.79. The maximum Gasteiger partial charge on any atom is 0.337 e. The Morgan fingerprint density at radius 3 is 2.52 bits per heavy atom. The normalized spacial score (nSPS) is 15.7. The molecule has 1 saturated heterocycles. The van der Waals surface area contributed by atoms with Crippen molar-refractivity contribution in [2.75, 3.05) is 18.0 Å². The van der Waals surface area contributed by atoms with Crippen LogP contribution in [0.1, 0.15) is 23.2 Å². The van der Waals surface area contributed by atoms with Gasteiger partial charge in [0, 0.05) is 31.3 Å². The van der Waals surface area contributed by atoms with Gasteiger partial charge in [0.1, 0.15) is 0 Å². The molecule has 0 unspecified atom stereocenters. The van der Waals surface area contributed by atoms with Crippen molar-refractivity contribution in [3.05, 3.63) is 27.9 Å². The summed E-state index contributed by atoms with van der Waals surface area (Å²) >= 11 is 0. The first-order chi connectivity index (χ1) is 9.90. The Balaban J connectivity index is 2.26. The lowest BCUT2D eigenvalue weighted by molar-refractivity contribution is -0.384. The quantitative estimate of drug-likeness (QED) is 0.604. The maximum absolute atomic E-state index is 11.1. The number of aromatic carboxylic acids is 1. The summed E-state index contributed by atoms with van der Waals surface area (Å²) in [6, 6.07) is 0.991. The van der Waals surface area contributed by atoms with Crippen LogP contribution in [0.2, 0.25) is 0 Å². The molecule has 1 aromatic heterocycles. The number of carboxylic acid groups (broad SMARTS) is 1. The molecule has 2 heterocycles. The van der Waals surface area contributed by atoms with Gasteiger partial charge < -0.3 is 15.7 Å². The molecule has 0 radical (unpaired) electrons. The lowest BCUT2D eigenvalue weighted by Gasteiger charge is -2.31. The van der Waals surface area contributed by atoms with E-state index in [1.165, 1.54) is 0 Å². The van der Waals surface area contributed by atoms with E-state index in [9.17, 15) is 19.7 Å². The molecule has 3 N–H and O–H groups in total. The second kappa shape index (κ2) is 5.73. The standard InChI is InChI=1S/C12H14N4O5/c13-10(17)7-1-3-15(4-2-7)11-9(16(20)21)5-8(6-14-11)12(18)19/h5-7H,1-4H2,(H2,13,17)(H,18,19). The Bertz CT molecular complexity index is 595. The molecular formula is C12H14N4O5. The average Bonchev–Trinajstić information content (AvgIpc) is 2.46. The number of pyridine rings is 1. The predicted octanol–water partition coefficient (Wildman–Crippen LogP) is 0.390. The first kappa shape index (κ1) is 14.7. The summed E-state index contributed by atoms with van der Waals surface area (Å²) in [5.41, 5.74) is 4.64. The maximum atomic E-state index is 11.1. The molecule has 9 heteroatoms. The smallest absolute Gasteiger partial charge is 0.337 e. The summed E-state index contributed by atoms with van der Waals surface area (Å²) in [5, 5.41) is 19.9. The number of amides is 1. The van der Waals surface area contributed by atoms with Gasteiger partial charge in [0.05, 0.1) is 10.5 Å². The Kier molecular flexibility index (Phi) is 4.01. The van der Waals surface area contributed by atoms with Crippen LogP contribution in [0, 0.1) is 16.0 Å². The third kappa shape index (κ3) is 3.07. The molecule has 21 heavy (non-hydrogen) atoms. The highest BCUT2D eigenvalue weighted by Gasteiger charge is 2.29. The molecule has 0 bridgehead atoms. The fourth-order valence-electron chi connectivity index (χ4n) is 2.32. The number of carbonyl (C=O) groups excluding carboxylic acids is 1. The van der Waals surface area contributed by atoms with E-state index in [0.717, 1.165) is 12.3 Å². The van der Waals surface area contributed by atoms with Gasteiger partial charge in [-0.15, -0.1) is 0 Å². The Labute approximate surface area is 119 Å². The number of carbonyl (C=O) groups is 2. The van der Waals surface area contributed by atoms with Gasteiger partial charge in [-0.1, -0.05) is 0 Å². The number of anilines is 1. The van der Waals surface area contributed by atoms with Gasteiger partial charge in [0.2, 0.25) is 11.7 Å². The highest BCUT2D eigenvalue weighted by atomic mass is 16.6. The zero-order chi connectivity index (χ0) is 15.6. The molecule has 0 aromatic carbocycles. The van der Waals surface area contributed by atoms with Crippen LogP contribution in [0.5, 0.6) is 0 Å². The number of primary amides is 1. The monoisotopic (exact) mass is 294 g/mol. The number of nitro groups is 1. The van der Waals surface area contributed by atoms with E-state index in [-0.39, 0.29) is 28.9 Å². The van der Waals surface area contributed by atoms with Gasteiger partial charge in [0.15, 0.2) is 0 Å². The van der Waals surface area contributed by atoms with Gasteiger partial charge in [0.25, 0.3) is 0 Å². The lowest BCUT2D eigenvalue weighted by atomic mass is 9.96. The molecule has 1 aromatic rings. The topological polar surface area (TPSA) is 140 Å². The molecule has 1 aliphatic heterocycles. The zero-order valence-corrected chi connectivity index (χ0v) is 11.1. The summed E-state index contributed by atoms with van der Waals surface area (Å²) in [5.74, 6) is -1.77. The molecule has 0 saturated carbocycles. The number of piperidine rings is 1. The number of nitrogens with two attached hydrogens (primary N) is 1. The Morgan fingerprint density at radius 1 is 1.43 bits per heavy atom. The van der Waals surface area contributed by atoms with Crippen molar-refractivity contribution in [3.8, 4) is 0 Å². The van der Waals surface area contributed by atoms with E-state index in [0.29, 0.717) is 25.9 Å². The first-order valence-electron chi connectivity index (χ1n) is 6.32. The van der Waals surface area contributed by atoms with Crippen molar-refractivity contribution in [1.29, 1.82) is 0 Å². The number of carboxylic acids is 1. The van der Waals surface area contributed by atoms with E-state index in [1.54, 1.807) is 4.90 Å². The molecule has 0 spiro atoms. The van der Waals surface area contributed by atoms with E-state index in [4.69, 9.17) is 10.8 Å². The number of nitrogens with zero attached hydrogens (tertiary/aromatic N) is 3. The highest BCUT2D eigenvalue weighted by Crippen LogP contribution is 2.30. The molecule has 1 fully saturated rings. The minimum absolute atomic E-state index is 0.118. The summed E-state index contributed by atoms with van der Waals surface area (Å²) in [6.45, 7) is 0.821. The van der Waals surface area contributed by atoms with Crippen LogP contribution in [0.25, 0.3) is 0 Å². The summed E-state index contributed by atoms with van der Waals surface area (Å²) < 4.78 is 0. The second-order valence-corrected chi connectivity index (χ2v) is 4.79. The summed E-state index contributed by atoms with van der Waals surface area (Å²) in [7, 11) is 0. The fraction of sp³-hybridized carbons (Fsp3) is 0.417. The Morgan fingerprint density at radius 2 is 2.05 bits per heavy atom. The molecule has 0 atom stereocenters. The van der Waals surface area contributed by atoms with Crippen molar-refractivity contribution in [2.24, 2.45) is 11.7 Å².